The maximum Gasteiger partial charge on any atom is 0.163 e. The SMILES string of the molecule is CCOc1cc(NCC(CC)(CC)CO)ccc1OC. The smallest absolute Gasteiger partial charge is 0.163 e. The quantitative estimate of drug-likeness (QED) is 0.729. The fourth-order valence-electron chi connectivity index (χ4n) is 2.12. The van der Waals surface area contributed by atoms with Gasteiger partial charge >= 0.3 is 0 Å². The molecule has 0 spiro atoms. The molecule has 0 radical (unpaired) electrons. The molecule has 1 aromatic carbocycles. The highest BCUT2D eigenvalue weighted by molar-refractivity contribution is 5.54. The lowest BCUT2D eigenvalue weighted by molar-refractivity contribution is 0.127. The van der Waals surface area contributed by atoms with Crippen molar-refractivity contribution in [3.05, 3.63) is 18.2 Å². The van der Waals surface area contributed by atoms with Crippen LogP contribution in [0.2, 0.25) is 0 Å². The zero-order valence-corrected chi connectivity index (χ0v) is 13.0. The summed E-state index contributed by atoms with van der Waals surface area (Å²) in [7, 11) is 1.63. The number of hydrogen-bond donors (Lipinski definition) is 2. The topological polar surface area (TPSA) is 50.7 Å². The van der Waals surface area contributed by atoms with Crippen LogP contribution in [0.3, 0.4) is 0 Å². The Morgan fingerprint density at radius 3 is 2.35 bits per heavy atom. The standard InChI is InChI=1S/C16H27NO3/c1-5-16(6-2,12-18)11-17-13-8-9-14(19-4)15(10-13)20-7-3/h8-10,17-18H,5-7,11-12H2,1-4H3. The Morgan fingerprint density at radius 1 is 1.15 bits per heavy atom. The molecule has 4 heteroatoms. The number of anilines is 1. The first-order valence-corrected chi connectivity index (χ1v) is 7.30. The molecular formula is C16H27NO3. The van der Waals surface area contributed by atoms with Crippen molar-refractivity contribution in [2.75, 3.05) is 32.2 Å². The second-order valence-electron chi connectivity index (χ2n) is 5.02. The van der Waals surface area contributed by atoms with Gasteiger partial charge in [-0.2, -0.15) is 0 Å². The zero-order valence-electron chi connectivity index (χ0n) is 13.0. The Hall–Kier alpha value is -1.42. The lowest BCUT2D eigenvalue weighted by Crippen LogP contribution is -2.32. The summed E-state index contributed by atoms with van der Waals surface area (Å²) in [6.45, 7) is 7.72. The summed E-state index contributed by atoms with van der Waals surface area (Å²) in [5.41, 5.74) is 0.917. The molecule has 0 aliphatic rings. The van der Waals surface area contributed by atoms with Gasteiger partial charge in [-0.3, -0.25) is 0 Å². The molecule has 0 saturated carbocycles. The Balaban J connectivity index is 2.80. The van der Waals surface area contributed by atoms with Gasteiger partial charge < -0.3 is 19.9 Å². The van der Waals surface area contributed by atoms with Crippen molar-refractivity contribution in [2.24, 2.45) is 5.41 Å². The van der Waals surface area contributed by atoms with E-state index in [0.29, 0.717) is 6.61 Å². The summed E-state index contributed by atoms with van der Waals surface area (Å²) in [6, 6.07) is 5.80. The first-order chi connectivity index (χ1) is 9.64. The molecule has 114 valence electrons. The van der Waals surface area contributed by atoms with Crippen LogP contribution in [0.4, 0.5) is 5.69 Å². The van der Waals surface area contributed by atoms with Gasteiger partial charge in [-0.05, 0) is 31.9 Å². The fraction of sp³-hybridized carbons (Fsp3) is 0.625. The van der Waals surface area contributed by atoms with Gasteiger partial charge in [-0.1, -0.05) is 13.8 Å². The minimum Gasteiger partial charge on any atom is -0.493 e. The van der Waals surface area contributed by atoms with E-state index in [0.717, 1.165) is 36.6 Å². The summed E-state index contributed by atoms with van der Waals surface area (Å²) in [5.74, 6) is 1.47. The highest BCUT2D eigenvalue weighted by Crippen LogP contribution is 2.31. The lowest BCUT2D eigenvalue weighted by atomic mass is 9.83. The highest BCUT2D eigenvalue weighted by atomic mass is 16.5. The molecule has 0 atom stereocenters. The summed E-state index contributed by atoms with van der Waals surface area (Å²) in [6.07, 6.45) is 1.89. The van der Waals surface area contributed by atoms with Crippen molar-refractivity contribution in [3.8, 4) is 11.5 Å². The molecule has 0 aliphatic carbocycles. The third kappa shape index (κ3) is 4.04. The molecule has 2 N–H and O–H groups in total. The maximum atomic E-state index is 9.59. The Bertz CT molecular complexity index is 394. The van der Waals surface area contributed by atoms with E-state index in [2.05, 4.69) is 19.2 Å². The van der Waals surface area contributed by atoms with Crippen LogP contribution in [0.5, 0.6) is 11.5 Å². The van der Waals surface area contributed by atoms with Crippen molar-refractivity contribution >= 4 is 5.69 Å². The monoisotopic (exact) mass is 281 g/mol. The number of hydrogen-bond acceptors (Lipinski definition) is 4. The van der Waals surface area contributed by atoms with Crippen LogP contribution < -0.4 is 14.8 Å². The van der Waals surface area contributed by atoms with Gasteiger partial charge in [-0.15, -0.1) is 0 Å². The van der Waals surface area contributed by atoms with Gasteiger partial charge in [0.2, 0.25) is 0 Å². The molecule has 0 heterocycles. The Kier molecular flexibility index (Phi) is 6.65. The van der Waals surface area contributed by atoms with E-state index in [4.69, 9.17) is 9.47 Å². The van der Waals surface area contributed by atoms with Crippen molar-refractivity contribution in [2.45, 2.75) is 33.6 Å². The molecule has 0 saturated heterocycles. The molecule has 0 unspecified atom stereocenters. The average Bonchev–Trinajstić information content (AvgIpc) is 2.50. The van der Waals surface area contributed by atoms with Gasteiger partial charge in [0.05, 0.1) is 20.3 Å². The number of aliphatic hydroxyl groups is 1. The minimum atomic E-state index is -0.0638. The molecule has 0 amide bonds. The molecule has 0 aromatic heterocycles. The molecule has 1 rings (SSSR count). The molecule has 20 heavy (non-hydrogen) atoms. The van der Waals surface area contributed by atoms with E-state index in [1.165, 1.54) is 0 Å². The van der Waals surface area contributed by atoms with Gasteiger partial charge in [0.1, 0.15) is 0 Å². The van der Waals surface area contributed by atoms with Crippen molar-refractivity contribution in [3.63, 3.8) is 0 Å². The van der Waals surface area contributed by atoms with Gasteiger partial charge in [0, 0.05) is 23.7 Å². The number of aliphatic hydroxyl groups excluding tert-OH is 1. The third-order valence-corrected chi connectivity index (χ3v) is 3.97. The second kappa shape index (κ2) is 8.00. The largest absolute Gasteiger partial charge is 0.493 e. The second-order valence-corrected chi connectivity index (χ2v) is 5.02. The Labute approximate surface area is 122 Å². The van der Waals surface area contributed by atoms with E-state index >= 15 is 0 Å². The van der Waals surface area contributed by atoms with Gasteiger partial charge in [0.15, 0.2) is 11.5 Å². The van der Waals surface area contributed by atoms with Crippen LogP contribution in [-0.2, 0) is 0 Å². The maximum absolute atomic E-state index is 9.59. The third-order valence-electron chi connectivity index (χ3n) is 3.97. The lowest BCUT2D eigenvalue weighted by Gasteiger charge is -2.30. The normalized spacial score (nSPS) is 11.2. The molecule has 0 bridgehead atoms. The van der Waals surface area contributed by atoms with E-state index in [1.807, 2.05) is 25.1 Å². The van der Waals surface area contributed by atoms with E-state index in [-0.39, 0.29) is 12.0 Å². The van der Waals surface area contributed by atoms with Crippen LogP contribution in [0, 0.1) is 5.41 Å². The van der Waals surface area contributed by atoms with Gasteiger partial charge in [0.25, 0.3) is 0 Å². The number of rotatable bonds is 9. The first-order valence-electron chi connectivity index (χ1n) is 7.30. The summed E-state index contributed by atoms with van der Waals surface area (Å²) in [4.78, 5) is 0. The van der Waals surface area contributed by atoms with E-state index < -0.39 is 0 Å². The zero-order chi connectivity index (χ0) is 15.0. The predicted molar refractivity (Wildman–Crippen MR) is 82.8 cm³/mol. The molecule has 0 aliphatic heterocycles. The molecule has 1 aromatic rings. The number of nitrogens with one attached hydrogen (secondary N) is 1. The number of ether oxygens (including phenoxy) is 2. The summed E-state index contributed by atoms with van der Waals surface area (Å²) < 4.78 is 10.8. The van der Waals surface area contributed by atoms with Crippen molar-refractivity contribution in [1.82, 2.24) is 0 Å². The van der Waals surface area contributed by atoms with E-state index in [9.17, 15) is 5.11 Å². The summed E-state index contributed by atoms with van der Waals surface area (Å²) >= 11 is 0. The fourth-order valence-corrected chi connectivity index (χ4v) is 2.12. The van der Waals surface area contributed by atoms with E-state index in [1.54, 1.807) is 7.11 Å². The van der Waals surface area contributed by atoms with Crippen LogP contribution >= 0.6 is 0 Å². The van der Waals surface area contributed by atoms with Crippen LogP contribution in [0.1, 0.15) is 33.6 Å². The summed E-state index contributed by atoms with van der Waals surface area (Å²) in [5, 5.41) is 13.0. The molecule has 0 fully saturated rings. The highest BCUT2D eigenvalue weighted by Gasteiger charge is 2.24. The molecule has 4 nitrogen and oxygen atoms in total. The van der Waals surface area contributed by atoms with Crippen molar-refractivity contribution < 1.29 is 14.6 Å². The minimum absolute atomic E-state index is 0.0638. The van der Waals surface area contributed by atoms with Crippen molar-refractivity contribution in [1.29, 1.82) is 0 Å². The van der Waals surface area contributed by atoms with Crippen LogP contribution in [-0.4, -0.2) is 32.0 Å². The van der Waals surface area contributed by atoms with Crippen LogP contribution in [0.25, 0.3) is 0 Å². The average molecular weight is 281 g/mol. The van der Waals surface area contributed by atoms with Crippen LogP contribution in [0.15, 0.2) is 18.2 Å². The predicted octanol–water partition coefficient (Wildman–Crippen LogP) is 3.30. The first kappa shape index (κ1) is 16.6. The number of methoxy groups -OCH3 is 1. The molecular weight excluding hydrogens is 254 g/mol. The van der Waals surface area contributed by atoms with Gasteiger partial charge in [-0.25, -0.2) is 0 Å². The Morgan fingerprint density at radius 2 is 1.85 bits per heavy atom. The number of benzene rings is 1.